The van der Waals surface area contributed by atoms with Gasteiger partial charge in [0.15, 0.2) is 11.5 Å². The molecule has 4 aromatic rings. The SMILES string of the molecule is O=C(c1cc(-c2ccc3c(c2)OCO3)n[nH]1)N1CCC(Oc2cnc3ccccc3n2)CC1. The number of aromatic nitrogens is 4. The number of carbonyl (C=O) groups excluding carboxylic acids is 1. The van der Waals surface area contributed by atoms with Crippen molar-refractivity contribution in [2.75, 3.05) is 19.9 Å². The number of aromatic amines is 1. The number of ether oxygens (including phenoxy) is 3. The molecule has 9 nitrogen and oxygen atoms in total. The van der Waals surface area contributed by atoms with Crippen LogP contribution in [0.4, 0.5) is 0 Å². The maximum Gasteiger partial charge on any atom is 0.271 e. The Kier molecular flexibility index (Phi) is 4.79. The van der Waals surface area contributed by atoms with Crippen molar-refractivity contribution in [2.24, 2.45) is 0 Å². The van der Waals surface area contributed by atoms with Gasteiger partial charge in [-0.2, -0.15) is 5.10 Å². The van der Waals surface area contributed by atoms with E-state index >= 15 is 0 Å². The summed E-state index contributed by atoms with van der Waals surface area (Å²) in [5.41, 5.74) is 3.65. The number of benzene rings is 2. The van der Waals surface area contributed by atoms with Gasteiger partial charge >= 0.3 is 0 Å². The number of hydrogen-bond donors (Lipinski definition) is 1. The summed E-state index contributed by atoms with van der Waals surface area (Å²) >= 11 is 0. The molecule has 0 radical (unpaired) electrons. The second-order valence-corrected chi connectivity index (χ2v) is 8.04. The van der Waals surface area contributed by atoms with E-state index in [0.29, 0.717) is 41.9 Å². The third-order valence-electron chi connectivity index (χ3n) is 5.92. The van der Waals surface area contributed by atoms with Gasteiger partial charge in [0.25, 0.3) is 5.91 Å². The van der Waals surface area contributed by atoms with Crippen LogP contribution in [0.15, 0.2) is 54.7 Å². The van der Waals surface area contributed by atoms with E-state index in [1.54, 1.807) is 12.3 Å². The molecule has 4 heterocycles. The van der Waals surface area contributed by atoms with E-state index in [1.165, 1.54) is 0 Å². The highest BCUT2D eigenvalue weighted by molar-refractivity contribution is 5.93. The van der Waals surface area contributed by atoms with E-state index in [1.807, 2.05) is 47.4 Å². The predicted molar refractivity (Wildman–Crippen MR) is 119 cm³/mol. The smallest absolute Gasteiger partial charge is 0.271 e. The van der Waals surface area contributed by atoms with Gasteiger partial charge in [-0.15, -0.1) is 0 Å². The van der Waals surface area contributed by atoms with E-state index in [0.717, 1.165) is 29.4 Å². The van der Waals surface area contributed by atoms with Crippen molar-refractivity contribution in [3.8, 4) is 28.6 Å². The third-order valence-corrected chi connectivity index (χ3v) is 5.92. The molecule has 2 aromatic heterocycles. The van der Waals surface area contributed by atoms with Gasteiger partial charge in [-0.25, -0.2) is 9.97 Å². The summed E-state index contributed by atoms with van der Waals surface area (Å²) in [7, 11) is 0. The largest absolute Gasteiger partial charge is 0.473 e. The van der Waals surface area contributed by atoms with E-state index in [2.05, 4.69) is 20.2 Å². The number of likely N-dealkylation sites (tertiary alicyclic amines) is 1. The van der Waals surface area contributed by atoms with Gasteiger partial charge in [-0.05, 0) is 36.4 Å². The van der Waals surface area contributed by atoms with Crippen LogP contribution in [0.1, 0.15) is 23.3 Å². The number of nitrogens with one attached hydrogen (secondary N) is 1. The van der Waals surface area contributed by atoms with Crippen molar-refractivity contribution in [1.82, 2.24) is 25.1 Å². The summed E-state index contributed by atoms with van der Waals surface area (Å²) in [6.07, 6.45) is 3.10. The molecule has 0 unspecified atom stereocenters. The molecule has 33 heavy (non-hydrogen) atoms. The topological polar surface area (TPSA) is 102 Å². The van der Waals surface area contributed by atoms with Gasteiger partial charge < -0.3 is 19.1 Å². The molecule has 6 rings (SSSR count). The van der Waals surface area contributed by atoms with E-state index in [4.69, 9.17) is 14.2 Å². The highest BCUT2D eigenvalue weighted by Gasteiger charge is 2.26. The lowest BCUT2D eigenvalue weighted by Gasteiger charge is -2.31. The Balaban J connectivity index is 1.08. The Morgan fingerprint density at radius 2 is 1.85 bits per heavy atom. The van der Waals surface area contributed by atoms with Crippen LogP contribution in [0.5, 0.6) is 17.4 Å². The molecule has 1 N–H and O–H groups in total. The molecule has 166 valence electrons. The first-order valence-electron chi connectivity index (χ1n) is 10.9. The summed E-state index contributed by atoms with van der Waals surface area (Å²) in [6.45, 7) is 1.42. The number of H-pyrrole nitrogens is 1. The average Bonchev–Trinajstić information content (AvgIpc) is 3.53. The quantitative estimate of drug-likeness (QED) is 0.515. The maximum absolute atomic E-state index is 13.0. The van der Waals surface area contributed by atoms with Gasteiger partial charge in [0.1, 0.15) is 11.8 Å². The Morgan fingerprint density at radius 3 is 2.73 bits per heavy atom. The summed E-state index contributed by atoms with van der Waals surface area (Å²) in [6, 6.07) is 15.1. The predicted octanol–water partition coefficient (Wildman–Crippen LogP) is 3.43. The van der Waals surface area contributed by atoms with Crippen LogP contribution in [0.2, 0.25) is 0 Å². The zero-order chi connectivity index (χ0) is 22.2. The van der Waals surface area contributed by atoms with Gasteiger partial charge in [-0.3, -0.25) is 9.89 Å². The van der Waals surface area contributed by atoms with Crippen LogP contribution < -0.4 is 14.2 Å². The molecular formula is C24H21N5O4. The molecule has 2 aliphatic rings. The first-order chi connectivity index (χ1) is 16.2. The molecule has 1 saturated heterocycles. The molecule has 2 aliphatic heterocycles. The van der Waals surface area contributed by atoms with Crippen molar-refractivity contribution >= 4 is 16.9 Å². The number of piperidine rings is 1. The lowest BCUT2D eigenvalue weighted by molar-refractivity contribution is 0.0582. The lowest BCUT2D eigenvalue weighted by atomic mass is 10.1. The van der Waals surface area contributed by atoms with Crippen molar-refractivity contribution < 1.29 is 19.0 Å². The highest BCUT2D eigenvalue weighted by atomic mass is 16.7. The van der Waals surface area contributed by atoms with Gasteiger partial charge in [-0.1, -0.05) is 12.1 Å². The minimum atomic E-state index is -0.0709. The number of nitrogens with zero attached hydrogens (tertiary/aromatic N) is 4. The standard InChI is InChI=1S/C24H21N5O4/c30-24(20-12-19(27-28-20)15-5-6-21-22(11-15)32-14-31-21)29-9-7-16(8-10-29)33-23-13-25-17-3-1-2-4-18(17)26-23/h1-6,11-13,16H,7-10,14H2,(H,27,28). The molecule has 0 spiro atoms. The molecule has 0 saturated carbocycles. The number of para-hydroxylation sites is 2. The second-order valence-electron chi connectivity index (χ2n) is 8.04. The van der Waals surface area contributed by atoms with E-state index in [9.17, 15) is 4.79 Å². The highest BCUT2D eigenvalue weighted by Crippen LogP contribution is 2.35. The van der Waals surface area contributed by atoms with Gasteiger partial charge in [0.05, 0.1) is 22.9 Å². The fourth-order valence-corrected chi connectivity index (χ4v) is 4.15. The second kappa shape index (κ2) is 8.09. The Hall–Kier alpha value is -4.14. The molecule has 0 atom stereocenters. The summed E-state index contributed by atoms with van der Waals surface area (Å²) in [5.74, 6) is 1.84. The zero-order valence-corrected chi connectivity index (χ0v) is 17.7. The van der Waals surface area contributed by atoms with Crippen molar-refractivity contribution in [3.05, 3.63) is 60.4 Å². The number of amides is 1. The minimum Gasteiger partial charge on any atom is -0.473 e. The fraction of sp³-hybridized carbons (Fsp3) is 0.250. The van der Waals surface area contributed by atoms with Crippen LogP contribution in [0.25, 0.3) is 22.3 Å². The summed E-state index contributed by atoms with van der Waals surface area (Å²) in [4.78, 5) is 23.7. The van der Waals surface area contributed by atoms with Crippen LogP contribution in [0, 0.1) is 0 Å². The van der Waals surface area contributed by atoms with Crippen LogP contribution in [-0.2, 0) is 0 Å². The molecular weight excluding hydrogens is 422 g/mol. The summed E-state index contributed by atoms with van der Waals surface area (Å²) < 4.78 is 16.8. The molecule has 0 aliphatic carbocycles. The van der Waals surface area contributed by atoms with Crippen molar-refractivity contribution in [3.63, 3.8) is 0 Å². The van der Waals surface area contributed by atoms with Gasteiger partial charge in [0, 0.05) is 31.5 Å². The maximum atomic E-state index is 13.0. The Bertz CT molecular complexity index is 1330. The average molecular weight is 443 g/mol. The number of hydrogen-bond acceptors (Lipinski definition) is 7. The first kappa shape index (κ1) is 19.5. The van der Waals surface area contributed by atoms with Crippen LogP contribution in [0.3, 0.4) is 0 Å². The number of carbonyl (C=O) groups is 1. The van der Waals surface area contributed by atoms with Crippen LogP contribution >= 0.6 is 0 Å². The third kappa shape index (κ3) is 3.82. The molecule has 9 heteroatoms. The fourth-order valence-electron chi connectivity index (χ4n) is 4.15. The Morgan fingerprint density at radius 1 is 1.03 bits per heavy atom. The normalized spacial score (nSPS) is 15.7. The molecule has 2 aromatic carbocycles. The summed E-state index contributed by atoms with van der Waals surface area (Å²) in [5, 5.41) is 7.19. The van der Waals surface area contributed by atoms with Crippen molar-refractivity contribution in [1.29, 1.82) is 0 Å². The van der Waals surface area contributed by atoms with Crippen LogP contribution in [-0.4, -0.2) is 57.0 Å². The van der Waals surface area contributed by atoms with Gasteiger partial charge in [0.2, 0.25) is 12.7 Å². The minimum absolute atomic E-state index is 0.00419. The van der Waals surface area contributed by atoms with E-state index in [-0.39, 0.29) is 18.8 Å². The first-order valence-corrected chi connectivity index (χ1v) is 10.9. The van der Waals surface area contributed by atoms with Crippen molar-refractivity contribution in [2.45, 2.75) is 18.9 Å². The molecule has 1 amide bonds. The lowest BCUT2D eigenvalue weighted by Crippen LogP contribution is -2.42. The molecule has 1 fully saturated rings. The van der Waals surface area contributed by atoms with E-state index < -0.39 is 0 Å². The monoisotopic (exact) mass is 443 g/mol. The molecule has 0 bridgehead atoms. The zero-order valence-electron chi connectivity index (χ0n) is 17.7. The Labute approximate surface area is 189 Å². The number of fused-ring (bicyclic) bond motifs is 2. The number of rotatable bonds is 4.